The Kier molecular flexibility index (Phi) is 4.70. The Morgan fingerprint density at radius 1 is 1.50 bits per heavy atom. The van der Waals surface area contributed by atoms with E-state index < -0.39 is 0 Å². The number of rotatable bonds is 4. The Hall–Kier alpha value is -1.92. The van der Waals surface area contributed by atoms with Gasteiger partial charge in [0, 0.05) is 16.6 Å². The van der Waals surface area contributed by atoms with Gasteiger partial charge in [-0.25, -0.2) is 4.79 Å². The number of carbonyl (C=O) groups excluding carboxylic acids is 1. The van der Waals surface area contributed by atoms with Gasteiger partial charge in [-0.15, -0.1) is 17.9 Å². The van der Waals surface area contributed by atoms with Crippen LogP contribution in [-0.2, 0) is 4.74 Å². The second kappa shape index (κ2) is 6.49. The van der Waals surface area contributed by atoms with Crippen molar-refractivity contribution in [2.45, 2.75) is 0 Å². The van der Waals surface area contributed by atoms with E-state index in [0.29, 0.717) is 22.2 Å². The molecule has 2 N–H and O–H groups in total. The summed E-state index contributed by atoms with van der Waals surface area (Å²) in [5.41, 5.74) is 0.680. The van der Waals surface area contributed by atoms with E-state index in [0.717, 1.165) is 10.1 Å². The first-order valence-electron chi connectivity index (χ1n) is 5.93. The molecule has 104 valence electrons. The van der Waals surface area contributed by atoms with E-state index in [9.17, 15) is 4.79 Å². The summed E-state index contributed by atoms with van der Waals surface area (Å²) in [6, 6.07) is 7.74. The monoisotopic (exact) mass is 306 g/mol. The van der Waals surface area contributed by atoms with Gasteiger partial charge >= 0.3 is 5.97 Å². The first-order chi connectivity index (χ1) is 9.67. The molecule has 0 aliphatic carbocycles. The van der Waals surface area contributed by atoms with Gasteiger partial charge in [0.15, 0.2) is 5.11 Å². The lowest BCUT2D eigenvalue weighted by molar-refractivity contribution is 0.0607. The number of hydrogen-bond donors (Lipinski definition) is 2. The number of ether oxygens (including phenoxy) is 1. The zero-order chi connectivity index (χ0) is 14.5. The number of esters is 1. The standard InChI is InChI=1S/C14H14N2O2S2/c1-3-8-15-14(19)16-11-9-6-4-5-7-10(9)20-12(11)13(17)18-2/h3-7H,1,8H2,2H3,(H2,15,16,19). The number of nitrogens with one attached hydrogen (secondary N) is 2. The van der Waals surface area contributed by atoms with E-state index in [1.54, 1.807) is 6.08 Å². The summed E-state index contributed by atoms with van der Waals surface area (Å²) in [5, 5.41) is 7.43. The highest BCUT2D eigenvalue weighted by Gasteiger charge is 2.19. The molecule has 1 aromatic heterocycles. The van der Waals surface area contributed by atoms with Crippen molar-refractivity contribution in [3.05, 3.63) is 41.8 Å². The number of benzene rings is 1. The summed E-state index contributed by atoms with van der Waals surface area (Å²) >= 11 is 6.57. The molecule has 0 spiro atoms. The molecule has 2 aromatic rings. The van der Waals surface area contributed by atoms with E-state index in [4.69, 9.17) is 17.0 Å². The van der Waals surface area contributed by atoms with Crippen LogP contribution in [0, 0.1) is 0 Å². The topological polar surface area (TPSA) is 50.4 Å². The fourth-order valence-corrected chi connectivity index (χ4v) is 2.99. The largest absolute Gasteiger partial charge is 0.465 e. The molecule has 0 saturated heterocycles. The maximum absolute atomic E-state index is 11.9. The number of carbonyl (C=O) groups is 1. The van der Waals surface area contributed by atoms with Gasteiger partial charge in [0.2, 0.25) is 0 Å². The third kappa shape index (κ3) is 2.97. The number of fused-ring (bicyclic) bond motifs is 1. The maximum Gasteiger partial charge on any atom is 0.350 e. The highest BCUT2D eigenvalue weighted by Crippen LogP contribution is 2.36. The SMILES string of the molecule is C=CCNC(=S)Nc1c(C(=O)OC)sc2ccccc12. The molecule has 0 amide bonds. The molecule has 0 aliphatic heterocycles. The van der Waals surface area contributed by atoms with Crippen LogP contribution in [0.15, 0.2) is 36.9 Å². The van der Waals surface area contributed by atoms with E-state index in [-0.39, 0.29) is 5.97 Å². The summed E-state index contributed by atoms with van der Waals surface area (Å²) in [4.78, 5) is 12.4. The van der Waals surface area contributed by atoms with E-state index in [2.05, 4.69) is 17.2 Å². The van der Waals surface area contributed by atoms with Crippen molar-refractivity contribution in [2.75, 3.05) is 19.0 Å². The van der Waals surface area contributed by atoms with Crippen LogP contribution in [0.4, 0.5) is 5.69 Å². The predicted octanol–water partition coefficient (Wildman–Crippen LogP) is 3.16. The van der Waals surface area contributed by atoms with Crippen LogP contribution in [0.1, 0.15) is 9.67 Å². The third-order valence-electron chi connectivity index (χ3n) is 2.61. The summed E-state index contributed by atoms with van der Waals surface area (Å²) in [6.07, 6.45) is 1.71. The fourth-order valence-electron chi connectivity index (χ4n) is 1.73. The average Bonchev–Trinajstić information content (AvgIpc) is 2.83. The van der Waals surface area contributed by atoms with Crippen molar-refractivity contribution >= 4 is 50.4 Å². The zero-order valence-electron chi connectivity index (χ0n) is 10.9. The van der Waals surface area contributed by atoms with Crippen molar-refractivity contribution in [2.24, 2.45) is 0 Å². The molecular formula is C14H14N2O2S2. The smallest absolute Gasteiger partial charge is 0.350 e. The van der Waals surface area contributed by atoms with Gasteiger partial charge < -0.3 is 15.4 Å². The van der Waals surface area contributed by atoms with Crippen molar-refractivity contribution in [1.29, 1.82) is 0 Å². The van der Waals surface area contributed by atoms with Crippen molar-refractivity contribution < 1.29 is 9.53 Å². The number of anilines is 1. The summed E-state index contributed by atoms with van der Waals surface area (Å²) < 4.78 is 5.82. The van der Waals surface area contributed by atoms with Crippen molar-refractivity contribution in [1.82, 2.24) is 5.32 Å². The van der Waals surface area contributed by atoms with Crippen LogP contribution in [0.25, 0.3) is 10.1 Å². The van der Waals surface area contributed by atoms with Crippen LogP contribution >= 0.6 is 23.6 Å². The first-order valence-corrected chi connectivity index (χ1v) is 7.15. The predicted molar refractivity (Wildman–Crippen MR) is 87.6 cm³/mol. The number of methoxy groups -OCH3 is 1. The average molecular weight is 306 g/mol. The molecule has 6 heteroatoms. The molecular weight excluding hydrogens is 292 g/mol. The molecule has 20 heavy (non-hydrogen) atoms. The minimum atomic E-state index is -0.375. The molecule has 0 bridgehead atoms. The molecule has 0 atom stereocenters. The second-order valence-electron chi connectivity index (χ2n) is 3.92. The molecule has 4 nitrogen and oxygen atoms in total. The van der Waals surface area contributed by atoms with Gasteiger partial charge in [-0.3, -0.25) is 0 Å². The van der Waals surface area contributed by atoms with E-state index in [1.165, 1.54) is 18.4 Å². The lowest BCUT2D eigenvalue weighted by atomic mass is 10.2. The Morgan fingerprint density at radius 2 is 2.25 bits per heavy atom. The molecule has 1 heterocycles. The summed E-state index contributed by atoms with van der Waals surface area (Å²) in [6.45, 7) is 4.17. The van der Waals surface area contributed by atoms with Crippen molar-refractivity contribution in [3.63, 3.8) is 0 Å². The van der Waals surface area contributed by atoms with Crippen LogP contribution in [0.2, 0.25) is 0 Å². The summed E-state index contributed by atoms with van der Waals surface area (Å²) in [5.74, 6) is -0.375. The normalized spacial score (nSPS) is 10.1. The summed E-state index contributed by atoms with van der Waals surface area (Å²) in [7, 11) is 1.37. The van der Waals surface area contributed by atoms with Gasteiger partial charge in [0.05, 0.1) is 12.8 Å². The Balaban J connectivity index is 2.40. The Morgan fingerprint density at radius 3 is 2.95 bits per heavy atom. The van der Waals surface area contributed by atoms with Gasteiger partial charge in [-0.2, -0.15) is 0 Å². The quantitative estimate of drug-likeness (QED) is 0.516. The Bertz CT molecular complexity index is 664. The molecule has 0 unspecified atom stereocenters. The minimum Gasteiger partial charge on any atom is -0.465 e. The number of thiocarbonyl (C=S) groups is 1. The van der Waals surface area contributed by atoms with Gasteiger partial charge in [0.1, 0.15) is 4.88 Å². The maximum atomic E-state index is 11.9. The lowest BCUT2D eigenvalue weighted by Gasteiger charge is -2.09. The fraction of sp³-hybridized carbons (Fsp3) is 0.143. The van der Waals surface area contributed by atoms with E-state index in [1.807, 2.05) is 24.3 Å². The van der Waals surface area contributed by atoms with Crippen LogP contribution in [0.3, 0.4) is 0 Å². The van der Waals surface area contributed by atoms with Gasteiger partial charge in [-0.05, 0) is 18.3 Å². The molecule has 0 fully saturated rings. The van der Waals surface area contributed by atoms with Crippen LogP contribution < -0.4 is 10.6 Å². The molecule has 1 aromatic carbocycles. The van der Waals surface area contributed by atoms with Crippen LogP contribution in [-0.4, -0.2) is 24.7 Å². The highest BCUT2D eigenvalue weighted by atomic mass is 32.1. The van der Waals surface area contributed by atoms with Crippen molar-refractivity contribution in [3.8, 4) is 0 Å². The minimum absolute atomic E-state index is 0.375. The third-order valence-corrected chi connectivity index (χ3v) is 4.01. The molecule has 0 saturated carbocycles. The van der Waals surface area contributed by atoms with Gasteiger partial charge in [0.25, 0.3) is 0 Å². The molecule has 2 rings (SSSR count). The molecule has 0 radical (unpaired) electrons. The zero-order valence-corrected chi connectivity index (χ0v) is 12.6. The molecule has 0 aliphatic rings. The highest BCUT2D eigenvalue weighted by molar-refractivity contribution is 7.80. The number of thiophene rings is 1. The van der Waals surface area contributed by atoms with E-state index >= 15 is 0 Å². The van der Waals surface area contributed by atoms with Gasteiger partial charge in [-0.1, -0.05) is 24.3 Å². The second-order valence-corrected chi connectivity index (χ2v) is 5.38. The number of hydrogen-bond acceptors (Lipinski definition) is 4. The van der Waals surface area contributed by atoms with Crippen LogP contribution in [0.5, 0.6) is 0 Å². The Labute approximate surface area is 126 Å². The first kappa shape index (κ1) is 14.5. The lowest BCUT2D eigenvalue weighted by Crippen LogP contribution is -2.28.